The zero-order chi connectivity index (χ0) is 14.2. The number of piperidine rings is 1. The fraction of sp³-hybridized carbons (Fsp3) is 0.571. The highest BCUT2D eigenvalue weighted by atomic mass is 19.4. The molecule has 1 N–H and O–H groups in total. The van der Waals surface area contributed by atoms with E-state index >= 15 is 0 Å². The molecule has 2 aliphatic rings. The summed E-state index contributed by atoms with van der Waals surface area (Å²) in [6.07, 6.45) is -2.30. The molecule has 0 bridgehead atoms. The van der Waals surface area contributed by atoms with Crippen LogP contribution >= 0.6 is 0 Å². The van der Waals surface area contributed by atoms with E-state index in [1.54, 1.807) is 6.07 Å². The summed E-state index contributed by atoms with van der Waals surface area (Å²) in [5.74, 6) is 0.351. The molecule has 0 amide bonds. The van der Waals surface area contributed by atoms with Crippen molar-refractivity contribution < 1.29 is 17.9 Å². The quantitative estimate of drug-likeness (QED) is 0.859. The van der Waals surface area contributed by atoms with Crippen LogP contribution in [-0.2, 0) is 6.18 Å². The number of hydrogen-bond donors (Lipinski definition) is 1. The zero-order valence-electron chi connectivity index (χ0n) is 11.0. The average Bonchev–Trinajstić information content (AvgIpc) is 2.46. The van der Waals surface area contributed by atoms with Gasteiger partial charge in [-0.05, 0) is 44.1 Å². The molecule has 0 aromatic heterocycles. The van der Waals surface area contributed by atoms with Crippen LogP contribution in [0.3, 0.4) is 0 Å². The van der Waals surface area contributed by atoms with Gasteiger partial charge in [0, 0.05) is 6.04 Å². The lowest BCUT2D eigenvalue weighted by molar-refractivity contribution is -0.137. The smallest absolute Gasteiger partial charge is 0.416 e. The Kier molecular flexibility index (Phi) is 3.50. The molecule has 110 valence electrons. The first-order chi connectivity index (χ1) is 9.55. The van der Waals surface area contributed by atoms with Gasteiger partial charge in [0.05, 0.1) is 17.8 Å². The first-order valence-electron chi connectivity index (χ1n) is 6.87. The lowest BCUT2D eigenvalue weighted by Gasteiger charge is -2.39. The minimum atomic E-state index is -4.32. The maximum Gasteiger partial charge on any atom is 0.416 e. The highest BCUT2D eigenvalue weighted by Crippen LogP contribution is 2.39. The molecule has 1 aromatic rings. The van der Waals surface area contributed by atoms with Gasteiger partial charge < -0.3 is 15.0 Å². The molecule has 3 rings (SSSR count). The van der Waals surface area contributed by atoms with Crippen molar-refractivity contribution in [3.05, 3.63) is 23.8 Å². The van der Waals surface area contributed by atoms with Gasteiger partial charge in [-0.2, -0.15) is 13.2 Å². The third-order valence-electron chi connectivity index (χ3n) is 3.94. The standard InChI is InChI=1S/C14H17F3N2O/c15-14(16,17)10-1-2-12-13(9-10)20-8-7-19(12)11-3-5-18-6-4-11/h1-2,9,11,18H,3-8H2. The van der Waals surface area contributed by atoms with Crippen molar-refractivity contribution in [2.75, 3.05) is 31.1 Å². The molecule has 2 aliphatic heterocycles. The summed E-state index contributed by atoms with van der Waals surface area (Å²) in [6.45, 7) is 3.09. The zero-order valence-corrected chi connectivity index (χ0v) is 11.0. The fourth-order valence-corrected chi connectivity index (χ4v) is 2.92. The van der Waals surface area contributed by atoms with Gasteiger partial charge in [-0.25, -0.2) is 0 Å². The van der Waals surface area contributed by atoms with Gasteiger partial charge in [0.2, 0.25) is 0 Å². The molecule has 2 heterocycles. The molecule has 1 saturated heterocycles. The Morgan fingerprint density at radius 3 is 2.65 bits per heavy atom. The summed E-state index contributed by atoms with van der Waals surface area (Å²) in [5.41, 5.74) is 0.138. The van der Waals surface area contributed by atoms with Gasteiger partial charge in [0.1, 0.15) is 12.4 Å². The second-order valence-electron chi connectivity index (χ2n) is 5.20. The van der Waals surface area contributed by atoms with Crippen molar-refractivity contribution in [1.82, 2.24) is 5.32 Å². The normalized spacial score (nSPS) is 20.4. The number of hydrogen-bond acceptors (Lipinski definition) is 3. The van der Waals surface area contributed by atoms with E-state index in [1.165, 1.54) is 0 Å². The predicted molar refractivity (Wildman–Crippen MR) is 70.2 cm³/mol. The molecule has 1 fully saturated rings. The summed E-state index contributed by atoms with van der Waals surface area (Å²) in [5, 5.41) is 3.30. The van der Waals surface area contributed by atoms with Crippen LogP contribution in [0.25, 0.3) is 0 Å². The lowest BCUT2D eigenvalue weighted by Crippen LogP contribution is -2.46. The highest BCUT2D eigenvalue weighted by molar-refractivity contribution is 5.62. The van der Waals surface area contributed by atoms with Crippen LogP contribution in [0.2, 0.25) is 0 Å². The Bertz CT molecular complexity index is 484. The Morgan fingerprint density at radius 2 is 1.95 bits per heavy atom. The molecular weight excluding hydrogens is 269 g/mol. The van der Waals surface area contributed by atoms with Crippen LogP contribution < -0.4 is 15.0 Å². The molecule has 0 spiro atoms. The van der Waals surface area contributed by atoms with Crippen LogP contribution in [0.4, 0.5) is 18.9 Å². The van der Waals surface area contributed by atoms with E-state index in [0.29, 0.717) is 18.4 Å². The SMILES string of the molecule is FC(F)(F)c1ccc2c(c1)OCCN2C1CCNCC1. The van der Waals surface area contributed by atoms with Crippen LogP contribution in [-0.4, -0.2) is 32.3 Å². The molecule has 0 atom stereocenters. The first kappa shape index (κ1) is 13.5. The van der Waals surface area contributed by atoms with Crippen molar-refractivity contribution in [3.63, 3.8) is 0 Å². The van der Waals surface area contributed by atoms with Crippen LogP contribution in [0.5, 0.6) is 5.75 Å². The monoisotopic (exact) mass is 286 g/mol. The molecule has 0 radical (unpaired) electrons. The third-order valence-corrected chi connectivity index (χ3v) is 3.94. The maximum atomic E-state index is 12.7. The van der Waals surface area contributed by atoms with Gasteiger partial charge in [0.15, 0.2) is 0 Å². The topological polar surface area (TPSA) is 24.5 Å². The largest absolute Gasteiger partial charge is 0.490 e. The average molecular weight is 286 g/mol. The van der Waals surface area contributed by atoms with E-state index in [1.807, 2.05) is 0 Å². The molecule has 0 aliphatic carbocycles. The third kappa shape index (κ3) is 2.57. The number of rotatable bonds is 1. The van der Waals surface area contributed by atoms with Gasteiger partial charge in [-0.15, -0.1) is 0 Å². The Labute approximate surface area is 115 Å². The number of anilines is 1. The minimum absolute atomic E-state index is 0.351. The van der Waals surface area contributed by atoms with Crippen LogP contribution in [0, 0.1) is 0 Å². The number of alkyl halides is 3. The second kappa shape index (κ2) is 5.16. The van der Waals surface area contributed by atoms with Crippen molar-refractivity contribution >= 4 is 5.69 Å². The molecule has 0 saturated carbocycles. The molecule has 20 heavy (non-hydrogen) atoms. The van der Waals surface area contributed by atoms with E-state index in [4.69, 9.17) is 4.74 Å². The van der Waals surface area contributed by atoms with Gasteiger partial charge in [-0.3, -0.25) is 0 Å². The van der Waals surface area contributed by atoms with Crippen molar-refractivity contribution in [1.29, 1.82) is 0 Å². The summed E-state index contributed by atoms with van der Waals surface area (Å²) < 4.78 is 43.6. The highest BCUT2D eigenvalue weighted by Gasteiger charge is 2.33. The Balaban J connectivity index is 1.89. The summed E-state index contributed by atoms with van der Waals surface area (Å²) in [6, 6.07) is 4.18. The molecular formula is C14H17F3N2O. The number of ether oxygens (including phenoxy) is 1. The maximum absolute atomic E-state index is 12.7. The van der Waals surface area contributed by atoms with E-state index in [2.05, 4.69) is 10.2 Å². The Morgan fingerprint density at radius 1 is 1.20 bits per heavy atom. The number of fused-ring (bicyclic) bond motifs is 1. The molecule has 3 nitrogen and oxygen atoms in total. The molecule has 6 heteroatoms. The molecule has 0 unspecified atom stereocenters. The summed E-state index contributed by atoms with van der Waals surface area (Å²) in [7, 11) is 0. The summed E-state index contributed by atoms with van der Waals surface area (Å²) >= 11 is 0. The van der Waals surface area contributed by atoms with Gasteiger partial charge >= 0.3 is 6.18 Å². The number of benzene rings is 1. The fourth-order valence-electron chi connectivity index (χ4n) is 2.92. The van der Waals surface area contributed by atoms with Crippen molar-refractivity contribution in [2.24, 2.45) is 0 Å². The van der Waals surface area contributed by atoms with E-state index in [9.17, 15) is 13.2 Å². The predicted octanol–water partition coefficient (Wildman–Crippen LogP) is 2.66. The first-order valence-corrected chi connectivity index (χ1v) is 6.87. The van der Waals surface area contributed by atoms with Crippen LogP contribution in [0.15, 0.2) is 18.2 Å². The van der Waals surface area contributed by atoms with Crippen molar-refractivity contribution in [2.45, 2.75) is 25.1 Å². The minimum Gasteiger partial charge on any atom is -0.490 e. The Hall–Kier alpha value is -1.43. The van der Waals surface area contributed by atoms with E-state index < -0.39 is 11.7 Å². The number of halogens is 3. The lowest BCUT2D eigenvalue weighted by atomic mass is 10.0. The van der Waals surface area contributed by atoms with Gasteiger partial charge in [-0.1, -0.05) is 0 Å². The summed E-state index contributed by atoms with van der Waals surface area (Å²) in [4.78, 5) is 2.19. The van der Waals surface area contributed by atoms with Gasteiger partial charge in [0.25, 0.3) is 0 Å². The van der Waals surface area contributed by atoms with Crippen LogP contribution in [0.1, 0.15) is 18.4 Å². The molecule has 1 aromatic carbocycles. The number of nitrogens with zero attached hydrogens (tertiary/aromatic N) is 1. The van der Waals surface area contributed by atoms with E-state index in [0.717, 1.165) is 50.3 Å². The van der Waals surface area contributed by atoms with E-state index in [-0.39, 0.29) is 0 Å². The number of nitrogens with one attached hydrogen (secondary N) is 1. The second-order valence-corrected chi connectivity index (χ2v) is 5.20. The van der Waals surface area contributed by atoms with Crippen molar-refractivity contribution in [3.8, 4) is 5.75 Å².